The molecular formula is C20H30N2O2. The van der Waals surface area contributed by atoms with Crippen LogP contribution in [0.1, 0.15) is 40.0 Å². The Morgan fingerprint density at radius 3 is 2.50 bits per heavy atom. The molecule has 2 aliphatic rings. The van der Waals surface area contributed by atoms with E-state index in [-0.39, 0.29) is 6.09 Å². The Hall–Kier alpha value is -1.71. The van der Waals surface area contributed by atoms with Gasteiger partial charge in [0, 0.05) is 31.9 Å². The molecule has 0 spiro atoms. The lowest BCUT2D eigenvalue weighted by Gasteiger charge is -2.35. The summed E-state index contributed by atoms with van der Waals surface area (Å²) in [5.74, 6) is 1.34. The Kier molecular flexibility index (Phi) is 4.75. The van der Waals surface area contributed by atoms with Gasteiger partial charge in [-0.05, 0) is 64.0 Å². The van der Waals surface area contributed by atoms with Crippen molar-refractivity contribution in [1.29, 1.82) is 0 Å². The molecule has 1 saturated heterocycles. The molecule has 1 saturated carbocycles. The van der Waals surface area contributed by atoms with E-state index in [0.717, 1.165) is 31.8 Å². The van der Waals surface area contributed by atoms with Gasteiger partial charge in [-0.15, -0.1) is 0 Å². The second kappa shape index (κ2) is 6.66. The lowest BCUT2D eigenvalue weighted by molar-refractivity contribution is 0.0127. The van der Waals surface area contributed by atoms with Gasteiger partial charge in [-0.25, -0.2) is 4.79 Å². The van der Waals surface area contributed by atoms with Crippen molar-refractivity contribution in [1.82, 2.24) is 4.90 Å². The first-order valence-corrected chi connectivity index (χ1v) is 9.09. The number of ether oxygens (including phenoxy) is 1. The number of hydrogen-bond acceptors (Lipinski definition) is 3. The first-order valence-electron chi connectivity index (χ1n) is 9.09. The number of nitrogens with zero attached hydrogens (tertiary/aromatic N) is 2. The molecule has 1 unspecified atom stereocenters. The third kappa shape index (κ3) is 3.85. The molecule has 4 nitrogen and oxygen atoms in total. The quantitative estimate of drug-likeness (QED) is 0.816. The summed E-state index contributed by atoms with van der Waals surface area (Å²) in [5.41, 5.74) is 0.866. The highest BCUT2D eigenvalue weighted by Gasteiger charge is 2.41. The number of anilines is 1. The highest BCUT2D eigenvalue weighted by molar-refractivity contribution is 5.68. The number of fused-ring (bicyclic) bond motifs is 1. The predicted octanol–water partition coefficient (Wildman–Crippen LogP) is 4.16. The van der Waals surface area contributed by atoms with Crippen molar-refractivity contribution in [3.05, 3.63) is 30.3 Å². The standard InChI is InChI=1S/C20H30N2O2/c1-20(2,3)24-19(23)22-11-10-15-12-18(13-16(15)14-22)21(4)17-8-6-5-7-9-17/h5-9,15-16,18H,10-14H2,1-4H3/t15-,16+,18?/m0/s1. The molecule has 0 N–H and O–H groups in total. The van der Waals surface area contributed by atoms with Gasteiger partial charge in [0.1, 0.15) is 5.60 Å². The molecule has 3 rings (SSSR count). The third-order valence-corrected chi connectivity index (χ3v) is 5.40. The first-order chi connectivity index (χ1) is 11.3. The Morgan fingerprint density at radius 2 is 1.83 bits per heavy atom. The highest BCUT2D eigenvalue weighted by Crippen LogP contribution is 2.41. The van der Waals surface area contributed by atoms with Crippen LogP contribution >= 0.6 is 0 Å². The van der Waals surface area contributed by atoms with Crippen LogP contribution in [0.3, 0.4) is 0 Å². The summed E-state index contributed by atoms with van der Waals surface area (Å²) in [6, 6.07) is 11.2. The van der Waals surface area contributed by atoms with Crippen LogP contribution in [0.4, 0.5) is 10.5 Å². The van der Waals surface area contributed by atoms with E-state index in [9.17, 15) is 4.79 Å². The Labute approximate surface area is 145 Å². The third-order valence-electron chi connectivity index (χ3n) is 5.40. The van der Waals surface area contributed by atoms with Crippen molar-refractivity contribution in [3.63, 3.8) is 0 Å². The fraction of sp³-hybridized carbons (Fsp3) is 0.650. The number of carbonyl (C=O) groups excluding carboxylic acids is 1. The van der Waals surface area contributed by atoms with Crippen LogP contribution in [-0.4, -0.2) is 42.8 Å². The molecule has 1 heterocycles. The fourth-order valence-corrected chi connectivity index (χ4v) is 4.14. The molecule has 0 aromatic heterocycles. The summed E-state index contributed by atoms with van der Waals surface area (Å²) >= 11 is 0. The molecule has 1 aliphatic carbocycles. The minimum Gasteiger partial charge on any atom is -0.444 e. The van der Waals surface area contributed by atoms with Gasteiger partial charge < -0.3 is 14.5 Å². The van der Waals surface area contributed by atoms with Crippen molar-refractivity contribution in [2.75, 3.05) is 25.0 Å². The van der Waals surface area contributed by atoms with Crippen molar-refractivity contribution in [3.8, 4) is 0 Å². The van der Waals surface area contributed by atoms with Crippen LogP contribution in [0.5, 0.6) is 0 Å². The van der Waals surface area contributed by atoms with E-state index in [1.165, 1.54) is 12.1 Å². The molecule has 4 heteroatoms. The van der Waals surface area contributed by atoms with Crippen molar-refractivity contribution in [2.45, 2.75) is 51.7 Å². The maximum Gasteiger partial charge on any atom is 0.410 e. The molecule has 1 aromatic rings. The Bertz CT molecular complexity index is 567. The number of hydrogen-bond donors (Lipinski definition) is 0. The fourth-order valence-electron chi connectivity index (χ4n) is 4.14. The van der Waals surface area contributed by atoms with Crippen molar-refractivity contribution >= 4 is 11.8 Å². The summed E-state index contributed by atoms with van der Waals surface area (Å²) in [4.78, 5) is 16.7. The van der Waals surface area contributed by atoms with Gasteiger partial charge in [0.25, 0.3) is 0 Å². The average Bonchev–Trinajstić information content (AvgIpc) is 2.96. The summed E-state index contributed by atoms with van der Waals surface area (Å²) in [6.07, 6.45) is 3.34. The zero-order valence-corrected chi connectivity index (χ0v) is 15.4. The number of benzene rings is 1. The van der Waals surface area contributed by atoms with Gasteiger partial charge in [-0.2, -0.15) is 0 Å². The van der Waals surface area contributed by atoms with Gasteiger partial charge in [0.15, 0.2) is 0 Å². The number of piperidine rings is 1. The Balaban J connectivity index is 1.60. The highest BCUT2D eigenvalue weighted by atomic mass is 16.6. The second-order valence-corrected chi connectivity index (χ2v) is 8.31. The largest absolute Gasteiger partial charge is 0.444 e. The average molecular weight is 330 g/mol. The maximum atomic E-state index is 12.3. The molecule has 1 aromatic carbocycles. The molecule has 24 heavy (non-hydrogen) atoms. The molecular weight excluding hydrogens is 300 g/mol. The summed E-state index contributed by atoms with van der Waals surface area (Å²) in [7, 11) is 2.20. The van der Waals surface area contributed by atoms with E-state index >= 15 is 0 Å². The topological polar surface area (TPSA) is 32.8 Å². The van der Waals surface area contributed by atoms with Crippen LogP contribution in [-0.2, 0) is 4.74 Å². The molecule has 1 aliphatic heterocycles. The van der Waals surface area contributed by atoms with Gasteiger partial charge in [-0.1, -0.05) is 18.2 Å². The molecule has 2 fully saturated rings. The number of carbonyl (C=O) groups is 1. The van der Waals surface area contributed by atoms with Crippen LogP contribution in [0.2, 0.25) is 0 Å². The van der Waals surface area contributed by atoms with Gasteiger partial charge >= 0.3 is 6.09 Å². The SMILES string of the molecule is CN(c1ccccc1)C1C[C@@H]2CN(C(=O)OC(C)(C)C)CC[C@H]2C1. The van der Waals surface area contributed by atoms with Crippen molar-refractivity contribution in [2.24, 2.45) is 11.8 Å². The Morgan fingerprint density at radius 1 is 1.17 bits per heavy atom. The van der Waals surface area contributed by atoms with Crippen LogP contribution < -0.4 is 4.90 Å². The van der Waals surface area contributed by atoms with Crippen molar-refractivity contribution < 1.29 is 9.53 Å². The lowest BCUT2D eigenvalue weighted by atomic mass is 9.89. The van der Waals surface area contributed by atoms with Crippen LogP contribution in [0, 0.1) is 11.8 Å². The van der Waals surface area contributed by atoms with E-state index in [2.05, 4.69) is 42.3 Å². The van der Waals surface area contributed by atoms with E-state index in [0.29, 0.717) is 12.0 Å². The number of likely N-dealkylation sites (tertiary alicyclic amines) is 1. The number of para-hydroxylation sites is 1. The summed E-state index contributed by atoms with van der Waals surface area (Å²) in [6.45, 7) is 7.46. The van der Waals surface area contributed by atoms with Gasteiger partial charge in [0.2, 0.25) is 0 Å². The summed E-state index contributed by atoms with van der Waals surface area (Å²) < 4.78 is 5.55. The maximum absolute atomic E-state index is 12.3. The molecule has 1 amide bonds. The lowest BCUT2D eigenvalue weighted by Crippen LogP contribution is -2.44. The minimum atomic E-state index is -0.417. The summed E-state index contributed by atoms with van der Waals surface area (Å²) in [5, 5.41) is 0. The van der Waals surface area contributed by atoms with E-state index < -0.39 is 5.60 Å². The second-order valence-electron chi connectivity index (χ2n) is 8.31. The van der Waals surface area contributed by atoms with E-state index in [4.69, 9.17) is 4.74 Å². The van der Waals surface area contributed by atoms with E-state index in [1.807, 2.05) is 25.7 Å². The number of rotatable bonds is 2. The van der Waals surface area contributed by atoms with E-state index in [1.54, 1.807) is 0 Å². The molecule has 3 atom stereocenters. The minimum absolute atomic E-state index is 0.152. The monoisotopic (exact) mass is 330 g/mol. The predicted molar refractivity (Wildman–Crippen MR) is 97.3 cm³/mol. The normalized spacial score (nSPS) is 26.8. The van der Waals surface area contributed by atoms with Gasteiger partial charge in [-0.3, -0.25) is 0 Å². The first kappa shape index (κ1) is 17.1. The smallest absolute Gasteiger partial charge is 0.410 e. The van der Waals surface area contributed by atoms with Gasteiger partial charge in [0.05, 0.1) is 0 Å². The molecule has 0 bridgehead atoms. The number of amides is 1. The zero-order chi connectivity index (χ0) is 17.3. The van der Waals surface area contributed by atoms with Crippen LogP contribution in [0.25, 0.3) is 0 Å². The molecule has 132 valence electrons. The molecule has 0 radical (unpaired) electrons. The van der Waals surface area contributed by atoms with Crippen LogP contribution in [0.15, 0.2) is 30.3 Å². The zero-order valence-electron chi connectivity index (χ0n) is 15.4.